The molecule has 1 amide bonds. The first-order valence-corrected chi connectivity index (χ1v) is 13.7. The predicted octanol–water partition coefficient (Wildman–Crippen LogP) is 3.85. The van der Waals surface area contributed by atoms with E-state index in [9.17, 15) is 13.2 Å². The van der Waals surface area contributed by atoms with Crippen molar-refractivity contribution in [1.29, 1.82) is 0 Å². The first kappa shape index (κ1) is 22.2. The lowest BCUT2D eigenvalue weighted by molar-refractivity contribution is -0.121. The second-order valence-corrected chi connectivity index (χ2v) is 12.1. The Morgan fingerprint density at radius 2 is 2.16 bits per heavy atom. The number of hydrogen-bond acceptors (Lipinski definition) is 7. The smallest absolute Gasteiger partial charge is 0.220 e. The summed E-state index contributed by atoms with van der Waals surface area (Å²) in [6.45, 7) is 0.165. The molecule has 2 N–H and O–H groups in total. The van der Waals surface area contributed by atoms with E-state index in [2.05, 4.69) is 36.5 Å². The summed E-state index contributed by atoms with van der Waals surface area (Å²) >= 11 is 5.16. The first-order chi connectivity index (χ1) is 14.8. The van der Waals surface area contributed by atoms with Crippen LogP contribution in [0.5, 0.6) is 0 Å². The molecule has 1 aliphatic rings. The summed E-state index contributed by atoms with van der Waals surface area (Å²) in [6.07, 6.45) is 5.77. The summed E-state index contributed by atoms with van der Waals surface area (Å²) in [5.41, 5.74) is 2.22. The van der Waals surface area contributed by atoms with Crippen molar-refractivity contribution in [3.05, 3.63) is 45.5 Å². The van der Waals surface area contributed by atoms with E-state index in [4.69, 9.17) is 0 Å². The molecule has 10 heteroatoms. The number of rotatable bonds is 7. The Bertz CT molecular complexity index is 1230. The molecule has 31 heavy (non-hydrogen) atoms. The number of sulfone groups is 1. The molecule has 0 saturated heterocycles. The van der Waals surface area contributed by atoms with E-state index < -0.39 is 9.84 Å². The van der Waals surface area contributed by atoms with Gasteiger partial charge < -0.3 is 10.6 Å². The number of amides is 1. The molecule has 2 heterocycles. The van der Waals surface area contributed by atoms with Crippen molar-refractivity contribution >= 4 is 64.7 Å². The number of hydrogen-bond donors (Lipinski definition) is 2. The van der Waals surface area contributed by atoms with Gasteiger partial charge in [0.15, 0.2) is 0 Å². The summed E-state index contributed by atoms with van der Waals surface area (Å²) in [7, 11) is -3.07. The van der Waals surface area contributed by atoms with E-state index in [0.717, 1.165) is 45.5 Å². The van der Waals surface area contributed by atoms with Gasteiger partial charge >= 0.3 is 0 Å². The average Bonchev–Trinajstić information content (AvgIpc) is 3.05. The highest BCUT2D eigenvalue weighted by molar-refractivity contribution is 9.10. The number of aryl methyl sites for hydroxylation is 1. The third-order valence-corrected chi connectivity index (χ3v) is 7.91. The van der Waals surface area contributed by atoms with Crippen molar-refractivity contribution in [1.82, 2.24) is 15.3 Å². The molecule has 4 rings (SSSR count). The molecule has 1 atom stereocenters. The molecule has 2 aromatic heterocycles. The number of carbonyl (C=O) groups is 1. The Morgan fingerprint density at radius 1 is 1.32 bits per heavy atom. The number of nitrogens with zero attached hydrogens (tertiary/aromatic N) is 2. The van der Waals surface area contributed by atoms with Crippen molar-refractivity contribution in [2.75, 3.05) is 23.9 Å². The molecule has 3 aromatic rings. The molecule has 1 unspecified atom stereocenters. The number of carbonyl (C=O) groups excluding carboxylic acids is 1. The van der Waals surface area contributed by atoms with Gasteiger partial charge in [0.05, 0.1) is 11.1 Å². The van der Waals surface area contributed by atoms with Crippen LogP contribution in [0.4, 0.5) is 11.5 Å². The number of nitrogens with one attached hydrogen (secondary N) is 2. The van der Waals surface area contributed by atoms with Crippen molar-refractivity contribution in [3.8, 4) is 0 Å². The van der Waals surface area contributed by atoms with Crippen molar-refractivity contribution in [3.63, 3.8) is 0 Å². The van der Waals surface area contributed by atoms with E-state index in [0.29, 0.717) is 6.42 Å². The van der Waals surface area contributed by atoms with Gasteiger partial charge in [-0.2, -0.15) is 0 Å². The van der Waals surface area contributed by atoms with E-state index in [-0.39, 0.29) is 24.1 Å². The average molecular weight is 523 g/mol. The van der Waals surface area contributed by atoms with Gasteiger partial charge in [-0.1, -0.05) is 22.0 Å². The van der Waals surface area contributed by atoms with Crippen molar-refractivity contribution in [2.24, 2.45) is 5.92 Å². The number of fused-ring (bicyclic) bond motifs is 3. The second-order valence-electron chi connectivity index (χ2n) is 7.83. The second kappa shape index (κ2) is 9.22. The zero-order chi connectivity index (χ0) is 22.0. The zero-order valence-corrected chi connectivity index (χ0v) is 20.2. The van der Waals surface area contributed by atoms with Crippen molar-refractivity contribution in [2.45, 2.75) is 25.7 Å². The maximum Gasteiger partial charge on any atom is 0.220 e. The van der Waals surface area contributed by atoms with E-state index in [1.165, 1.54) is 16.7 Å². The fourth-order valence-corrected chi connectivity index (χ4v) is 6.03. The molecule has 0 fully saturated rings. The van der Waals surface area contributed by atoms with Gasteiger partial charge in [0.1, 0.15) is 26.8 Å². The van der Waals surface area contributed by atoms with E-state index in [1.807, 2.05) is 24.3 Å². The Hall–Kier alpha value is -2.04. The van der Waals surface area contributed by atoms with Crippen LogP contribution >= 0.6 is 27.3 Å². The van der Waals surface area contributed by atoms with Crippen LogP contribution < -0.4 is 10.6 Å². The first-order valence-electron chi connectivity index (χ1n) is 10.0. The Morgan fingerprint density at radius 3 is 2.94 bits per heavy atom. The molecule has 0 bridgehead atoms. The molecule has 0 spiro atoms. The molecule has 0 aliphatic heterocycles. The van der Waals surface area contributed by atoms with Crippen LogP contribution in [0, 0.1) is 5.92 Å². The molecule has 1 aromatic carbocycles. The molecule has 1 aliphatic carbocycles. The maximum atomic E-state index is 12.2. The normalized spacial score (nSPS) is 16.1. The summed E-state index contributed by atoms with van der Waals surface area (Å²) in [5, 5.41) is 7.21. The SMILES string of the molecule is CS(=O)(=O)CCNC(=O)CC1CCc2c(sc3ncnc(Nc4cccc(Br)c4)c23)C1. The van der Waals surface area contributed by atoms with E-state index in [1.54, 1.807) is 17.7 Å². The molecule has 7 nitrogen and oxygen atoms in total. The minimum atomic E-state index is -3.07. The van der Waals surface area contributed by atoms with Gasteiger partial charge in [-0.25, -0.2) is 18.4 Å². The van der Waals surface area contributed by atoms with Crippen LogP contribution in [0.1, 0.15) is 23.3 Å². The lowest BCUT2D eigenvalue weighted by Gasteiger charge is -2.22. The quantitative estimate of drug-likeness (QED) is 0.488. The van der Waals surface area contributed by atoms with Crippen LogP contribution in [0.3, 0.4) is 0 Å². The van der Waals surface area contributed by atoms with Crippen LogP contribution in [-0.2, 0) is 27.5 Å². The van der Waals surface area contributed by atoms with Gasteiger partial charge in [0, 0.05) is 34.3 Å². The monoisotopic (exact) mass is 522 g/mol. The fourth-order valence-electron chi connectivity index (χ4n) is 3.86. The number of aromatic nitrogens is 2. The number of benzene rings is 1. The largest absolute Gasteiger partial charge is 0.355 e. The predicted molar refractivity (Wildman–Crippen MR) is 128 cm³/mol. The molecular formula is C21H23BrN4O3S2. The van der Waals surface area contributed by atoms with Crippen LogP contribution in [-0.4, -0.2) is 42.8 Å². The van der Waals surface area contributed by atoms with Crippen LogP contribution in [0.25, 0.3) is 10.2 Å². The molecular weight excluding hydrogens is 500 g/mol. The highest BCUT2D eigenvalue weighted by Crippen LogP contribution is 2.41. The lowest BCUT2D eigenvalue weighted by atomic mass is 9.85. The minimum Gasteiger partial charge on any atom is -0.355 e. The topological polar surface area (TPSA) is 101 Å². The Kier molecular flexibility index (Phi) is 6.59. The number of anilines is 2. The van der Waals surface area contributed by atoms with Gasteiger partial charge in [0.2, 0.25) is 5.91 Å². The Balaban J connectivity index is 1.47. The standard InChI is InChI=1S/C21H23BrN4O3S2/c1-31(28,29)8-7-23-18(27)10-13-5-6-16-17(9-13)30-21-19(16)20(24-12-25-21)26-15-4-2-3-14(22)11-15/h2-4,11-13H,5-10H2,1H3,(H,23,27)(H,24,25,26). The summed E-state index contributed by atoms with van der Waals surface area (Å²) in [4.78, 5) is 23.4. The zero-order valence-electron chi connectivity index (χ0n) is 17.0. The third kappa shape index (κ3) is 5.61. The third-order valence-electron chi connectivity index (χ3n) is 5.30. The number of halogens is 1. The van der Waals surface area contributed by atoms with Crippen LogP contribution in [0.15, 0.2) is 35.1 Å². The highest BCUT2D eigenvalue weighted by atomic mass is 79.9. The lowest BCUT2D eigenvalue weighted by Crippen LogP contribution is -2.31. The summed E-state index contributed by atoms with van der Waals surface area (Å²) in [5.74, 6) is 0.928. The number of thiophene rings is 1. The summed E-state index contributed by atoms with van der Waals surface area (Å²) in [6, 6.07) is 7.95. The van der Waals surface area contributed by atoms with Gasteiger partial charge in [-0.3, -0.25) is 4.79 Å². The molecule has 164 valence electrons. The van der Waals surface area contributed by atoms with Crippen LogP contribution in [0.2, 0.25) is 0 Å². The summed E-state index contributed by atoms with van der Waals surface area (Å²) < 4.78 is 23.4. The van der Waals surface area contributed by atoms with E-state index >= 15 is 0 Å². The molecule has 0 saturated carbocycles. The van der Waals surface area contributed by atoms with Gasteiger partial charge in [-0.15, -0.1) is 11.3 Å². The Labute approximate surface area is 193 Å². The van der Waals surface area contributed by atoms with Gasteiger partial charge in [0.25, 0.3) is 0 Å². The highest BCUT2D eigenvalue weighted by Gasteiger charge is 2.26. The van der Waals surface area contributed by atoms with Gasteiger partial charge in [-0.05, 0) is 48.9 Å². The maximum absolute atomic E-state index is 12.2. The minimum absolute atomic E-state index is 0.0314. The van der Waals surface area contributed by atoms with Crippen molar-refractivity contribution < 1.29 is 13.2 Å². The molecule has 0 radical (unpaired) electrons. The fraction of sp³-hybridized carbons (Fsp3) is 0.381.